The van der Waals surface area contributed by atoms with Gasteiger partial charge in [-0.3, -0.25) is 10.1 Å². The quantitative estimate of drug-likeness (QED) is 0.276. The van der Waals surface area contributed by atoms with Gasteiger partial charge in [0.15, 0.2) is 17.2 Å². The fraction of sp³-hybridized carbons (Fsp3) is 0. The van der Waals surface area contributed by atoms with Gasteiger partial charge in [-0.2, -0.15) is 4.99 Å². The maximum absolute atomic E-state index is 10.9. The summed E-state index contributed by atoms with van der Waals surface area (Å²) < 4.78 is 4.49. The molecule has 0 amide bonds. The minimum absolute atomic E-state index is 0.0861. The molecular weight excluding hydrogens is 256 g/mol. The van der Waals surface area contributed by atoms with Crippen LogP contribution in [-0.4, -0.2) is 27.2 Å². The zero-order valence-corrected chi connectivity index (χ0v) is 9.35. The number of aliphatic imine (C=N–C) groups is 2. The largest absolute Gasteiger partial charge is 0.370 e. The average Bonchev–Trinajstić information content (AvgIpc) is 2.76. The van der Waals surface area contributed by atoms with Gasteiger partial charge in [0, 0.05) is 6.07 Å². The molecule has 98 valence electrons. The van der Waals surface area contributed by atoms with Gasteiger partial charge >= 0.3 is 0 Å². The molecule has 0 saturated carbocycles. The number of rotatable bonds is 2. The van der Waals surface area contributed by atoms with E-state index in [1.165, 1.54) is 12.1 Å². The Kier molecular flexibility index (Phi) is 2.93. The summed E-state index contributed by atoms with van der Waals surface area (Å²) in [5.74, 6) is -0.673. The van der Waals surface area contributed by atoms with Crippen molar-refractivity contribution < 1.29 is 9.55 Å². The first kappa shape index (κ1) is 12.2. The highest BCUT2D eigenvalue weighted by molar-refractivity contribution is 5.98. The molecule has 1 heterocycles. The zero-order valence-electron chi connectivity index (χ0n) is 9.35. The molecule has 2 aromatic rings. The lowest BCUT2D eigenvalue weighted by Gasteiger charge is -1.98. The van der Waals surface area contributed by atoms with Crippen LogP contribution in [0.3, 0.4) is 0 Å². The molecule has 0 atom stereocenters. The van der Waals surface area contributed by atoms with Crippen LogP contribution in [0.25, 0.3) is 11.0 Å². The first-order valence-corrected chi connectivity index (χ1v) is 4.82. The van der Waals surface area contributed by atoms with Gasteiger partial charge in [0.1, 0.15) is 5.52 Å². The van der Waals surface area contributed by atoms with Crippen molar-refractivity contribution in [2.45, 2.75) is 0 Å². The lowest BCUT2D eigenvalue weighted by atomic mass is 10.2. The molecule has 1 aromatic heterocycles. The summed E-state index contributed by atoms with van der Waals surface area (Å²) in [6, 6.07) is 2.58. The van der Waals surface area contributed by atoms with Crippen LogP contribution < -0.4 is 17.2 Å². The molecular formula is C8H8N8O3. The van der Waals surface area contributed by atoms with Crippen LogP contribution >= 0.6 is 0 Å². The van der Waals surface area contributed by atoms with Crippen molar-refractivity contribution in [3.63, 3.8) is 0 Å². The molecule has 0 spiro atoms. The molecule has 0 aliphatic carbocycles. The SMILES string of the molecule is NC(N)=NC(N)=Nc1c([N+](=O)[O-])ccc2nonc12. The normalized spacial score (nSPS) is 11.5. The number of benzene rings is 1. The fourth-order valence-electron chi connectivity index (χ4n) is 1.36. The van der Waals surface area contributed by atoms with Crippen LogP contribution in [0.5, 0.6) is 0 Å². The Bertz CT molecular complexity index is 699. The van der Waals surface area contributed by atoms with Crippen molar-refractivity contribution in [1.29, 1.82) is 0 Å². The summed E-state index contributed by atoms with van der Waals surface area (Å²) in [4.78, 5) is 17.5. The van der Waals surface area contributed by atoms with Crippen LogP contribution in [0.15, 0.2) is 26.7 Å². The van der Waals surface area contributed by atoms with Crippen LogP contribution in [0.1, 0.15) is 0 Å². The third kappa shape index (κ3) is 2.38. The molecule has 0 saturated heterocycles. The second-order valence-electron chi connectivity index (χ2n) is 3.33. The van der Waals surface area contributed by atoms with E-state index in [0.29, 0.717) is 5.52 Å². The van der Waals surface area contributed by atoms with E-state index in [1.807, 2.05) is 0 Å². The van der Waals surface area contributed by atoms with Crippen molar-refractivity contribution in [3.05, 3.63) is 22.2 Å². The lowest BCUT2D eigenvalue weighted by molar-refractivity contribution is -0.383. The predicted molar refractivity (Wildman–Crippen MR) is 65.6 cm³/mol. The topological polar surface area (TPSA) is 185 Å². The van der Waals surface area contributed by atoms with Crippen molar-refractivity contribution in [2.24, 2.45) is 27.2 Å². The minimum Gasteiger partial charge on any atom is -0.370 e. The second kappa shape index (κ2) is 4.56. The molecule has 2 rings (SSSR count). The third-order valence-electron chi connectivity index (χ3n) is 2.05. The second-order valence-corrected chi connectivity index (χ2v) is 3.33. The Morgan fingerprint density at radius 1 is 1.32 bits per heavy atom. The zero-order chi connectivity index (χ0) is 14.0. The average molecular weight is 264 g/mol. The van der Waals surface area contributed by atoms with E-state index >= 15 is 0 Å². The Morgan fingerprint density at radius 2 is 2.05 bits per heavy atom. The Hall–Kier alpha value is -3.24. The molecule has 11 heteroatoms. The summed E-state index contributed by atoms with van der Waals surface area (Å²) in [5, 5.41) is 18.0. The van der Waals surface area contributed by atoms with E-state index in [9.17, 15) is 10.1 Å². The Balaban J connectivity index is 2.68. The van der Waals surface area contributed by atoms with Crippen molar-refractivity contribution in [1.82, 2.24) is 10.3 Å². The maximum atomic E-state index is 10.9. The molecule has 0 fully saturated rings. The summed E-state index contributed by atoms with van der Waals surface area (Å²) >= 11 is 0. The van der Waals surface area contributed by atoms with Gasteiger partial charge in [-0.25, -0.2) is 9.62 Å². The van der Waals surface area contributed by atoms with Crippen LogP contribution in [0, 0.1) is 10.1 Å². The van der Waals surface area contributed by atoms with Gasteiger partial charge in [-0.05, 0) is 16.4 Å². The number of nitrogens with two attached hydrogens (primary N) is 3. The number of aromatic nitrogens is 2. The molecule has 0 bridgehead atoms. The van der Waals surface area contributed by atoms with Gasteiger partial charge < -0.3 is 17.2 Å². The highest BCUT2D eigenvalue weighted by Crippen LogP contribution is 2.33. The summed E-state index contributed by atoms with van der Waals surface area (Å²) in [7, 11) is 0. The van der Waals surface area contributed by atoms with E-state index in [2.05, 4.69) is 24.9 Å². The smallest absolute Gasteiger partial charge is 0.297 e. The van der Waals surface area contributed by atoms with Crippen molar-refractivity contribution in [2.75, 3.05) is 0 Å². The lowest BCUT2D eigenvalue weighted by Crippen LogP contribution is -2.26. The first-order valence-electron chi connectivity index (χ1n) is 4.82. The Labute approximate surface area is 104 Å². The van der Waals surface area contributed by atoms with E-state index < -0.39 is 4.92 Å². The van der Waals surface area contributed by atoms with Gasteiger partial charge in [-0.1, -0.05) is 0 Å². The molecule has 0 unspecified atom stereocenters. The van der Waals surface area contributed by atoms with Crippen LogP contribution in [0.2, 0.25) is 0 Å². The fourth-order valence-corrected chi connectivity index (χ4v) is 1.36. The van der Waals surface area contributed by atoms with E-state index in [-0.39, 0.29) is 28.8 Å². The molecule has 11 nitrogen and oxygen atoms in total. The molecule has 1 aromatic carbocycles. The number of guanidine groups is 2. The predicted octanol–water partition coefficient (Wildman–Crippen LogP) is -0.649. The van der Waals surface area contributed by atoms with Gasteiger partial charge in [0.2, 0.25) is 5.96 Å². The highest BCUT2D eigenvalue weighted by Gasteiger charge is 2.20. The van der Waals surface area contributed by atoms with Crippen molar-refractivity contribution >= 4 is 34.3 Å². The first-order chi connectivity index (χ1) is 8.99. The molecule has 6 N–H and O–H groups in total. The van der Waals surface area contributed by atoms with Crippen molar-refractivity contribution in [3.8, 4) is 0 Å². The maximum Gasteiger partial charge on any atom is 0.297 e. The molecule has 0 radical (unpaired) electrons. The summed E-state index contributed by atoms with van der Waals surface area (Å²) in [6.45, 7) is 0. The highest BCUT2D eigenvalue weighted by atomic mass is 16.6. The summed E-state index contributed by atoms with van der Waals surface area (Å²) in [6.07, 6.45) is 0. The number of nitrogens with zero attached hydrogens (tertiary/aromatic N) is 5. The van der Waals surface area contributed by atoms with Gasteiger partial charge in [0.25, 0.3) is 5.69 Å². The number of hydrogen-bond donors (Lipinski definition) is 3. The summed E-state index contributed by atoms with van der Waals surface area (Å²) in [5.41, 5.74) is 15.6. The monoisotopic (exact) mass is 264 g/mol. The van der Waals surface area contributed by atoms with Gasteiger partial charge in [0.05, 0.1) is 4.92 Å². The van der Waals surface area contributed by atoms with E-state index in [4.69, 9.17) is 17.2 Å². The number of hydrogen-bond acceptors (Lipinski definition) is 6. The standard InChI is InChI=1S/C8H8N8O3/c9-7(10)13-8(11)12-6-4(16(17)18)2-1-3-5(6)15-19-14-3/h1-2H,(H6,9,10,11,12,13). The van der Waals surface area contributed by atoms with E-state index in [1.54, 1.807) is 0 Å². The third-order valence-corrected chi connectivity index (χ3v) is 2.05. The number of nitro groups is 1. The molecule has 19 heavy (non-hydrogen) atoms. The van der Waals surface area contributed by atoms with Crippen LogP contribution in [-0.2, 0) is 0 Å². The molecule has 0 aliphatic heterocycles. The number of fused-ring (bicyclic) bond motifs is 1. The van der Waals surface area contributed by atoms with Gasteiger partial charge in [-0.15, -0.1) is 0 Å². The van der Waals surface area contributed by atoms with E-state index in [0.717, 1.165) is 0 Å². The number of nitro benzene ring substituents is 1. The molecule has 0 aliphatic rings. The van der Waals surface area contributed by atoms with Crippen LogP contribution in [0.4, 0.5) is 11.4 Å². The minimum atomic E-state index is -0.643. The Morgan fingerprint density at radius 3 is 2.68 bits per heavy atom.